The average molecular weight is 579 g/mol. The molecule has 0 fully saturated rings. The lowest BCUT2D eigenvalue weighted by Crippen LogP contribution is -2.19. The predicted molar refractivity (Wildman–Crippen MR) is 179 cm³/mol. The molecule has 0 spiro atoms. The Morgan fingerprint density at radius 3 is 2.19 bits per heavy atom. The lowest BCUT2D eigenvalue weighted by molar-refractivity contribution is -0.128. The number of carbonyl (C=O) groups is 1. The highest BCUT2D eigenvalue weighted by Crippen LogP contribution is 2.32. The molecule has 0 unspecified atom stereocenters. The van der Waals surface area contributed by atoms with Crippen LogP contribution in [-0.2, 0) is 17.8 Å². The minimum absolute atomic E-state index is 0.181. The molecule has 43 heavy (non-hydrogen) atoms. The van der Waals surface area contributed by atoms with Gasteiger partial charge in [-0.05, 0) is 62.1 Å². The van der Waals surface area contributed by atoms with Crippen LogP contribution in [0.4, 0.5) is 5.95 Å². The molecule has 0 saturated carbocycles. The van der Waals surface area contributed by atoms with E-state index < -0.39 is 0 Å². The van der Waals surface area contributed by atoms with E-state index in [1.165, 1.54) is 27.8 Å². The van der Waals surface area contributed by atoms with Gasteiger partial charge in [-0.3, -0.25) is 9.20 Å². The van der Waals surface area contributed by atoms with E-state index in [1.54, 1.807) is 19.0 Å². The third kappa shape index (κ3) is 8.51. The number of pyridine rings is 1. The van der Waals surface area contributed by atoms with Crippen LogP contribution in [0.1, 0.15) is 61.9 Å². The van der Waals surface area contributed by atoms with Gasteiger partial charge in [-0.2, -0.15) is 0 Å². The first-order valence-electron chi connectivity index (χ1n) is 15.1. The number of aryl methyl sites for hydroxylation is 4. The zero-order valence-electron chi connectivity index (χ0n) is 27.2. The molecular weight excluding hydrogens is 532 g/mol. The summed E-state index contributed by atoms with van der Waals surface area (Å²) in [6.07, 6.45) is 5.48. The smallest absolute Gasteiger partial charge is 0.223 e. The van der Waals surface area contributed by atoms with Gasteiger partial charge >= 0.3 is 0 Å². The fourth-order valence-corrected chi connectivity index (χ4v) is 4.57. The number of aromatic nitrogens is 4. The number of carbonyl (C=O) groups excluding carboxylic acids is 1. The maximum atomic E-state index is 10.4. The molecule has 3 heterocycles. The molecule has 0 bridgehead atoms. The molecule has 7 heteroatoms. The largest absolute Gasteiger partial charge is 0.350 e. The van der Waals surface area contributed by atoms with E-state index in [1.807, 2.05) is 33.0 Å². The molecule has 0 atom stereocenters. The van der Waals surface area contributed by atoms with Gasteiger partial charge in [0.2, 0.25) is 11.9 Å². The standard InChI is InChI=1S/C29H29N5.C5H11NO.C2H6/c1-5-22-13-15-34-26(17-22)33-27(23-9-6-19(2)7-10-23)28(34)25-12-14-30-29(32-25)31-18-24-11-8-20(3)16-21(24)4;1-4-5(7)6(2)3;1-2/h6-17H,5,18H2,1-4H3,(H,30,31,32);4H2,1-3H3;1-2H3. The number of imidazole rings is 1. The lowest BCUT2D eigenvalue weighted by Gasteiger charge is -2.10. The molecule has 1 amide bonds. The van der Waals surface area contributed by atoms with Gasteiger partial charge in [0.15, 0.2) is 0 Å². The molecule has 0 aliphatic carbocycles. The van der Waals surface area contributed by atoms with Crippen LogP contribution in [0, 0.1) is 20.8 Å². The third-order valence-corrected chi connectivity index (χ3v) is 7.06. The van der Waals surface area contributed by atoms with Crippen molar-refractivity contribution in [2.75, 3.05) is 19.4 Å². The minimum Gasteiger partial charge on any atom is -0.350 e. The van der Waals surface area contributed by atoms with Crippen molar-refractivity contribution >= 4 is 17.5 Å². The van der Waals surface area contributed by atoms with Crippen LogP contribution in [0.2, 0.25) is 0 Å². The second-order valence-electron chi connectivity index (χ2n) is 10.5. The lowest BCUT2D eigenvalue weighted by atomic mass is 10.1. The van der Waals surface area contributed by atoms with Crippen LogP contribution < -0.4 is 5.32 Å². The number of amides is 1. The molecule has 0 saturated heterocycles. The van der Waals surface area contributed by atoms with E-state index in [0.717, 1.165) is 34.7 Å². The second kappa shape index (κ2) is 15.6. The van der Waals surface area contributed by atoms with Crippen LogP contribution in [0.3, 0.4) is 0 Å². The Morgan fingerprint density at radius 1 is 0.884 bits per heavy atom. The summed E-state index contributed by atoms with van der Waals surface area (Å²) in [5.74, 6) is 0.785. The molecule has 2 aromatic carbocycles. The average Bonchev–Trinajstić information content (AvgIpc) is 3.40. The highest BCUT2D eigenvalue weighted by Gasteiger charge is 2.18. The zero-order chi connectivity index (χ0) is 31.5. The first-order chi connectivity index (χ1) is 20.7. The van der Waals surface area contributed by atoms with E-state index in [2.05, 4.69) is 103 Å². The van der Waals surface area contributed by atoms with E-state index in [-0.39, 0.29) is 5.91 Å². The summed E-state index contributed by atoms with van der Waals surface area (Å²) in [7, 11) is 3.51. The number of nitrogens with one attached hydrogen (secondary N) is 1. The molecule has 1 N–H and O–H groups in total. The second-order valence-corrected chi connectivity index (χ2v) is 10.5. The van der Waals surface area contributed by atoms with Crippen LogP contribution >= 0.6 is 0 Å². The fourth-order valence-electron chi connectivity index (χ4n) is 4.57. The monoisotopic (exact) mass is 578 g/mol. The molecule has 0 aliphatic heterocycles. The number of rotatable bonds is 7. The van der Waals surface area contributed by atoms with E-state index in [9.17, 15) is 4.79 Å². The SMILES string of the molecule is CC.CCC(=O)N(C)C.CCc1ccn2c(-c3ccnc(NCc4ccc(C)cc4C)n3)c(-c3ccc(C)cc3)nc2c1. The zero-order valence-corrected chi connectivity index (χ0v) is 27.2. The highest BCUT2D eigenvalue weighted by molar-refractivity contribution is 5.81. The minimum atomic E-state index is 0.181. The van der Waals surface area contributed by atoms with Crippen molar-refractivity contribution in [2.24, 2.45) is 0 Å². The molecular formula is C36H46N6O. The maximum Gasteiger partial charge on any atom is 0.223 e. The number of nitrogens with zero attached hydrogens (tertiary/aromatic N) is 5. The normalized spacial score (nSPS) is 10.3. The van der Waals surface area contributed by atoms with E-state index in [4.69, 9.17) is 9.97 Å². The summed E-state index contributed by atoms with van der Waals surface area (Å²) < 4.78 is 2.13. The maximum absolute atomic E-state index is 10.4. The number of benzene rings is 2. The number of hydrogen-bond acceptors (Lipinski definition) is 5. The summed E-state index contributed by atoms with van der Waals surface area (Å²) in [6, 6.07) is 21.3. The Balaban J connectivity index is 0.000000496. The van der Waals surface area contributed by atoms with Crippen LogP contribution in [0.15, 0.2) is 73.1 Å². The molecule has 3 aromatic heterocycles. The van der Waals surface area contributed by atoms with Gasteiger partial charge in [0, 0.05) is 45.0 Å². The molecule has 5 aromatic rings. The Labute approximate surface area is 257 Å². The summed E-state index contributed by atoms with van der Waals surface area (Å²) in [5, 5.41) is 3.40. The Hall–Kier alpha value is -4.52. The summed E-state index contributed by atoms with van der Waals surface area (Å²) in [5.41, 5.74) is 11.0. The van der Waals surface area contributed by atoms with Crippen LogP contribution in [0.5, 0.6) is 0 Å². The van der Waals surface area contributed by atoms with Gasteiger partial charge < -0.3 is 10.2 Å². The van der Waals surface area contributed by atoms with Crippen molar-refractivity contribution in [1.82, 2.24) is 24.3 Å². The molecule has 0 aliphatic rings. The number of fused-ring (bicyclic) bond motifs is 1. The third-order valence-electron chi connectivity index (χ3n) is 7.06. The molecule has 7 nitrogen and oxygen atoms in total. The van der Waals surface area contributed by atoms with Crippen molar-refractivity contribution < 1.29 is 4.79 Å². The number of anilines is 1. The van der Waals surface area contributed by atoms with Gasteiger partial charge in [-0.1, -0.05) is 81.3 Å². The molecule has 226 valence electrons. The molecule has 5 rings (SSSR count). The number of hydrogen-bond donors (Lipinski definition) is 1. The van der Waals surface area contributed by atoms with Gasteiger partial charge in [-0.25, -0.2) is 15.0 Å². The molecule has 0 radical (unpaired) electrons. The van der Waals surface area contributed by atoms with Gasteiger partial charge in [0.05, 0.1) is 17.1 Å². The van der Waals surface area contributed by atoms with Crippen molar-refractivity contribution in [2.45, 2.75) is 67.9 Å². The van der Waals surface area contributed by atoms with Gasteiger partial charge in [0.1, 0.15) is 5.65 Å². The van der Waals surface area contributed by atoms with Gasteiger partial charge in [-0.15, -0.1) is 0 Å². The van der Waals surface area contributed by atoms with Crippen molar-refractivity contribution in [3.05, 3.63) is 101 Å². The quantitative estimate of drug-likeness (QED) is 0.211. The van der Waals surface area contributed by atoms with E-state index in [0.29, 0.717) is 18.9 Å². The topological polar surface area (TPSA) is 75.4 Å². The Kier molecular flexibility index (Phi) is 12.0. The summed E-state index contributed by atoms with van der Waals surface area (Å²) >= 11 is 0. The van der Waals surface area contributed by atoms with Gasteiger partial charge in [0.25, 0.3) is 0 Å². The van der Waals surface area contributed by atoms with Crippen molar-refractivity contribution in [1.29, 1.82) is 0 Å². The summed E-state index contributed by atoms with van der Waals surface area (Å²) in [4.78, 5) is 26.4. The van der Waals surface area contributed by atoms with Crippen molar-refractivity contribution in [3.63, 3.8) is 0 Å². The fraction of sp³-hybridized carbons (Fsp3) is 0.333. The van der Waals surface area contributed by atoms with E-state index >= 15 is 0 Å². The Morgan fingerprint density at radius 2 is 1.58 bits per heavy atom. The first-order valence-corrected chi connectivity index (χ1v) is 15.1. The highest BCUT2D eigenvalue weighted by atomic mass is 16.2. The van der Waals surface area contributed by atoms with Crippen molar-refractivity contribution in [3.8, 4) is 22.6 Å². The van der Waals surface area contributed by atoms with Crippen LogP contribution in [-0.4, -0.2) is 44.3 Å². The predicted octanol–water partition coefficient (Wildman–Crippen LogP) is 8.07. The first kappa shape index (κ1) is 33.0. The summed E-state index contributed by atoms with van der Waals surface area (Å²) in [6.45, 7) is 15.0. The van der Waals surface area contributed by atoms with Crippen LogP contribution in [0.25, 0.3) is 28.3 Å². The Bertz CT molecular complexity index is 1640.